The van der Waals surface area contributed by atoms with Gasteiger partial charge in [0.15, 0.2) is 0 Å². The van der Waals surface area contributed by atoms with Crippen molar-refractivity contribution in [3.05, 3.63) is 224 Å². The minimum Gasteiger partial charge on any atom is -0.309 e. The number of hydrogen-bond acceptors (Lipinski definition) is 0. The van der Waals surface area contributed by atoms with Crippen molar-refractivity contribution >= 4 is 109 Å². The van der Waals surface area contributed by atoms with Crippen molar-refractivity contribution in [3.63, 3.8) is 0 Å². The van der Waals surface area contributed by atoms with Gasteiger partial charge >= 0.3 is 0 Å². The molecule has 5 heteroatoms. The fourth-order valence-corrected chi connectivity index (χ4v) is 11.4. The monoisotopic (exact) mass is 827 g/mol. The first kappa shape index (κ1) is 34.7. The number of fused-ring (bicyclic) bond motifs is 16. The van der Waals surface area contributed by atoms with Gasteiger partial charge in [0.1, 0.15) is 0 Å². The fraction of sp³-hybridized carbons (Fsp3) is 0. The van der Waals surface area contributed by atoms with Crippen LogP contribution in [0.3, 0.4) is 0 Å². The topological polar surface area (TPSA) is 23.6 Å². The Morgan fingerprint density at radius 2 is 0.508 bits per heavy atom. The summed E-state index contributed by atoms with van der Waals surface area (Å²) < 4.78 is 12.4. The molecule has 10 aromatic carbocycles. The molecule has 5 heterocycles. The van der Waals surface area contributed by atoms with Crippen LogP contribution in [0.15, 0.2) is 224 Å². The maximum atomic E-state index is 2.54. The predicted octanol–water partition coefficient (Wildman–Crippen LogP) is 15.5. The summed E-state index contributed by atoms with van der Waals surface area (Å²) >= 11 is 0. The molecule has 0 fully saturated rings. The highest BCUT2D eigenvalue weighted by Gasteiger charge is 2.23. The third-order valence-corrected chi connectivity index (χ3v) is 14.0. The molecular formula is C60H37N5. The lowest BCUT2D eigenvalue weighted by atomic mass is 10.1. The van der Waals surface area contributed by atoms with Crippen molar-refractivity contribution in [1.82, 2.24) is 22.5 Å². The van der Waals surface area contributed by atoms with Crippen molar-refractivity contribution in [2.75, 3.05) is 0 Å². The second kappa shape index (κ2) is 12.9. The van der Waals surface area contributed by atoms with Gasteiger partial charge < -0.3 is 22.5 Å². The Bertz CT molecular complexity index is 4160. The Kier molecular flexibility index (Phi) is 6.89. The lowest BCUT2D eigenvalue weighted by Crippen LogP contribution is -1.99. The summed E-state index contributed by atoms with van der Waals surface area (Å²) in [6.45, 7) is 0. The van der Waals surface area contributed by atoms with Crippen LogP contribution in [0.2, 0.25) is 0 Å². The molecule has 65 heavy (non-hydrogen) atoms. The van der Waals surface area contributed by atoms with Gasteiger partial charge in [0, 0.05) is 60.2 Å². The third-order valence-electron chi connectivity index (χ3n) is 14.0. The summed E-state index contributed by atoms with van der Waals surface area (Å²) in [6.07, 6.45) is 0. The standard InChI is InChI=1S/C60H37N5/c1-2-16-38(17-3-1)61-55-26-12-14-28-57(55)64-53-34-30-39(62-49-22-8-4-18-41(49)42-19-5-9-23-50(42)62)36-47(53)45-32-33-46-48-37-40(63-51-24-10-6-20-43(51)44-21-7-11-25-52(44)63)31-35-54(48)65(60(46)59(45)64)58-29-15-13-27-56(58)61/h1-37H. The van der Waals surface area contributed by atoms with E-state index in [2.05, 4.69) is 247 Å². The molecule has 15 rings (SSSR count). The number of rotatable bonds is 3. The van der Waals surface area contributed by atoms with Gasteiger partial charge in [-0.15, -0.1) is 0 Å². The Hall–Kier alpha value is -8.80. The second-order valence-corrected chi connectivity index (χ2v) is 17.3. The van der Waals surface area contributed by atoms with E-state index in [9.17, 15) is 0 Å². The average molecular weight is 828 g/mol. The van der Waals surface area contributed by atoms with Crippen LogP contribution in [0.5, 0.6) is 0 Å². The lowest BCUT2D eigenvalue weighted by molar-refractivity contribution is 1.15. The molecule has 5 aromatic heterocycles. The van der Waals surface area contributed by atoms with Crippen LogP contribution in [0.1, 0.15) is 0 Å². The molecule has 0 N–H and O–H groups in total. The zero-order valence-corrected chi connectivity index (χ0v) is 35.1. The normalized spacial score (nSPS) is 12.3. The first-order valence-electron chi connectivity index (χ1n) is 22.4. The van der Waals surface area contributed by atoms with E-state index in [4.69, 9.17) is 0 Å². The average Bonchev–Trinajstić information content (AvgIpc) is 4.10. The van der Waals surface area contributed by atoms with E-state index < -0.39 is 0 Å². The van der Waals surface area contributed by atoms with Crippen LogP contribution in [0.4, 0.5) is 0 Å². The van der Waals surface area contributed by atoms with Gasteiger partial charge in [-0.05, 0) is 97.1 Å². The molecule has 0 radical (unpaired) electrons. The molecule has 15 aromatic rings. The quantitative estimate of drug-likeness (QED) is 0.169. The predicted molar refractivity (Wildman–Crippen MR) is 273 cm³/mol. The minimum absolute atomic E-state index is 1.10. The van der Waals surface area contributed by atoms with Crippen LogP contribution in [0, 0.1) is 0 Å². The highest BCUT2D eigenvalue weighted by Crippen LogP contribution is 2.43. The van der Waals surface area contributed by atoms with E-state index in [0.717, 1.165) is 50.2 Å². The lowest BCUT2D eigenvalue weighted by Gasteiger charge is -2.14. The highest BCUT2D eigenvalue weighted by molar-refractivity contribution is 6.25. The van der Waals surface area contributed by atoms with Crippen LogP contribution < -0.4 is 0 Å². The Morgan fingerprint density at radius 1 is 0.185 bits per heavy atom. The molecule has 0 aliphatic heterocycles. The van der Waals surface area contributed by atoms with E-state index in [1.165, 1.54) is 76.2 Å². The molecule has 0 unspecified atom stereocenters. The van der Waals surface area contributed by atoms with Crippen molar-refractivity contribution in [2.24, 2.45) is 0 Å². The van der Waals surface area contributed by atoms with E-state index in [1.807, 2.05) is 0 Å². The molecule has 0 aliphatic carbocycles. The summed E-state index contributed by atoms with van der Waals surface area (Å²) in [5.41, 5.74) is 17.3. The zero-order chi connectivity index (χ0) is 42.3. The fourth-order valence-electron chi connectivity index (χ4n) is 11.4. The molecule has 0 bridgehead atoms. The van der Waals surface area contributed by atoms with Gasteiger partial charge in [-0.3, -0.25) is 0 Å². The van der Waals surface area contributed by atoms with Crippen LogP contribution in [-0.2, 0) is 0 Å². The summed E-state index contributed by atoms with van der Waals surface area (Å²) in [5, 5.41) is 9.86. The molecule has 0 saturated carbocycles. The maximum Gasteiger partial charge on any atom is 0.0789 e. The Labute approximate surface area is 371 Å². The number of nitrogens with zero attached hydrogens (tertiary/aromatic N) is 5. The number of para-hydroxylation sites is 9. The molecule has 0 amide bonds. The van der Waals surface area contributed by atoms with Crippen LogP contribution >= 0.6 is 0 Å². The second-order valence-electron chi connectivity index (χ2n) is 17.3. The third kappa shape index (κ3) is 4.60. The zero-order valence-electron chi connectivity index (χ0n) is 35.1. The first-order valence-corrected chi connectivity index (χ1v) is 22.4. The van der Waals surface area contributed by atoms with Gasteiger partial charge in [0.25, 0.3) is 0 Å². The number of hydrogen-bond donors (Lipinski definition) is 0. The van der Waals surface area contributed by atoms with Crippen molar-refractivity contribution in [2.45, 2.75) is 0 Å². The van der Waals surface area contributed by atoms with Crippen molar-refractivity contribution in [1.29, 1.82) is 0 Å². The van der Waals surface area contributed by atoms with E-state index >= 15 is 0 Å². The van der Waals surface area contributed by atoms with Gasteiger partial charge in [-0.1, -0.05) is 127 Å². The summed E-state index contributed by atoms with van der Waals surface area (Å²) in [6, 6.07) is 82.7. The molecular weight excluding hydrogens is 791 g/mol. The molecule has 0 aliphatic rings. The minimum atomic E-state index is 1.10. The largest absolute Gasteiger partial charge is 0.309 e. The van der Waals surface area contributed by atoms with Crippen LogP contribution in [-0.4, -0.2) is 22.5 Å². The summed E-state index contributed by atoms with van der Waals surface area (Å²) in [7, 11) is 0. The maximum absolute atomic E-state index is 2.54. The van der Waals surface area contributed by atoms with Gasteiger partial charge in [-0.2, -0.15) is 0 Å². The number of aromatic nitrogens is 5. The molecule has 0 saturated heterocycles. The number of benzene rings is 10. The first-order chi connectivity index (χ1) is 32.3. The van der Waals surface area contributed by atoms with Crippen molar-refractivity contribution < 1.29 is 0 Å². The van der Waals surface area contributed by atoms with E-state index in [-0.39, 0.29) is 0 Å². The molecule has 0 spiro atoms. The van der Waals surface area contributed by atoms with E-state index in [1.54, 1.807) is 0 Å². The smallest absolute Gasteiger partial charge is 0.0789 e. The SMILES string of the molecule is c1ccc(-n2c3ccccc3n3c4ccc(-n5c6ccccc6c6ccccc65)cc4c4ccc5c6cc(-n7c8ccccc8c8ccccc87)ccc6n(c6ccccc62)c5c43)cc1. The summed E-state index contributed by atoms with van der Waals surface area (Å²) in [5.74, 6) is 0. The van der Waals surface area contributed by atoms with Crippen LogP contribution in [0.25, 0.3) is 126 Å². The van der Waals surface area contributed by atoms with E-state index in [0.29, 0.717) is 0 Å². The van der Waals surface area contributed by atoms with Gasteiger partial charge in [-0.25, -0.2) is 0 Å². The molecule has 5 nitrogen and oxygen atoms in total. The molecule has 0 atom stereocenters. The Morgan fingerprint density at radius 3 is 0.908 bits per heavy atom. The highest BCUT2D eigenvalue weighted by atomic mass is 15.0. The van der Waals surface area contributed by atoms with Gasteiger partial charge in [0.05, 0.1) is 66.2 Å². The Balaban J connectivity index is 1.16. The molecule has 302 valence electrons. The van der Waals surface area contributed by atoms with Gasteiger partial charge in [0.2, 0.25) is 0 Å². The van der Waals surface area contributed by atoms with Crippen molar-refractivity contribution in [3.8, 4) is 17.1 Å². The summed E-state index contributed by atoms with van der Waals surface area (Å²) in [4.78, 5) is 0.